The molecule has 0 aliphatic heterocycles. The fourth-order valence-corrected chi connectivity index (χ4v) is 0.472. The molecule has 0 fully saturated rings. The summed E-state index contributed by atoms with van der Waals surface area (Å²) in [4.78, 5) is 0. The fraction of sp³-hybridized carbons (Fsp3) is 0.167. The van der Waals surface area contributed by atoms with Crippen LogP contribution < -0.4 is 10.5 Å². The quantitative estimate of drug-likeness (QED) is 0.186. The van der Waals surface area contributed by atoms with E-state index in [1.54, 1.807) is 18.4 Å². The highest BCUT2D eigenvalue weighted by atomic mass is 32.2. The molecule has 0 bridgehead atoms. The monoisotopic (exact) mass is 157 g/mol. The smallest absolute Gasteiger partial charge is 0.103 e. The van der Waals surface area contributed by atoms with E-state index in [2.05, 4.69) is 11.9 Å². The maximum absolute atomic E-state index is 7.06. The molecule has 0 aromatic carbocycles. The summed E-state index contributed by atoms with van der Waals surface area (Å²) in [6, 6.07) is 0. The number of nitrogens with one attached hydrogen (secondary N) is 2. The van der Waals surface area contributed by atoms with Crippen molar-refractivity contribution in [1.29, 1.82) is 5.41 Å². The number of hydrogen-bond donors (Lipinski definition) is 3. The van der Waals surface area contributed by atoms with Crippen LogP contribution in [0.15, 0.2) is 24.9 Å². The third-order valence-corrected chi connectivity index (χ3v) is 1.13. The Morgan fingerprint density at radius 2 is 2.50 bits per heavy atom. The topological polar surface area (TPSA) is 61.9 Å². The largest absolute Gasteiger partial charge is 0.387 e. The molecule has 0 atom stereocenters. The standard InChI is InChI=1S/C6H11N3S/c1-2-4-9-5-3-6(7)10-8/h2-3,5,7,9H,1,4,8H2/b5-3-,7-6?. The summed E-state index contributed by atoms with van der Waals surface area (Å²) in [7, 11) is 0. The van der Waals surface area contributed by atoms with Gasteiger partial charge in [0.1, 0.15) is 5.04 Å². The van der Waals surface area contributed by atoms with Crippen LogP contribution in [0.3, 0.4) is 0 Å². The Morgan fingerprint density at radius 3 is 3.00 bits per heavy atom. The maximum atomic E-state index is 7.06. The first-order valence-electron chi connectivity index (χ1n) is 2.77. The van der Waals surface area contributed by atoms with Gasteiger partial charge < -0.3 is 5.32 Å². The van der Waals surface area contributed by atoms with Gasteiger partial charge in [-0.3, -0.25) is 10.5 Å². The van der Waals surface area contributed by atoms with Crippen molar-refractivity contribution in [3.63, 3.8) is 0 Å². The number of hydrogen-bond acceptors (Lipinski definition) is 4. The highest BCUT2D eigenvalue weighted by Gasteiger charge is 1.82. The Hall–Kier alpha value is -0.740. The van der Waals surface area contributed by atoms with Crippen molar-refractivity contribution < 1.29 is 0 Å². The molecule has 4 N–H and O–H groups in total. The first-order chi connectivity index (χ1) is 4.81. The summed E-state index contributed by atoms with van der Waals surface area (Å²) in [5.74, 6) is 0. The molecule has 0 heterocycles. The Balaban J connectivity index is 3.35. The lowest BCUT2D eigenvalue weighted by molar-refractivity contribution is 0.989. The molecule has 3 nitrogen and oxygen atoms in total. The van der Waals surface area contributed by atoms with Gasteiger partial charge in [0.2, 0.25) is 0 Å². The molecular formula is C6H11N3S. The van der Waals surface area contributed by atoms with Crippen LogP contribution in [-0.4, -0.2) is 11.6 Å². The molecule has 4 heteroatoms. The van der Waals surface area contributed by atoms with Crippen molar-refractivity contribution in [3.05, 3.63) is 24.9 Å². The molecule has 0 aromatic rings. The molecule has 0 amide bonds. The molecule has 0 saturated carbocycles. The SMILES string of the molecule is C=CCN/C=C\C(=N)SN. The molecule has 0 unspecified atom stereocenters. The predicted octanol–water partition coefficient (Wildman–Crippen LogP) is 0.860. The van der Waals surface area contributed by atoms with Crippen LogP contribution >= 0.6 is 11.9 Å². The summed E-state index contributed by atoms with van der Waals surface area (Å²) in [5, 5.41) is 15.4. The van der Waals surface area contributed by atoms with Crippen LogP contribution in [0.2, 0.25) is 0 Å². The van der Waals surface area contributed by atoms with Gasteiger partial charge >= 0.3 is 0 Å². The molecule has 0 rings (SSSR count). The molecule has 0 aliphatic rings. The minimum absolute atomic E-state index is 0.330. The lowest BCUT2D eigenvalue weighted by atomic mass is 10.6. The highest BCUT2D eigenvalue weighted by Crippen LogP contribution is 1.89. The van der Waals surface area contributed by atoms with Crippen LogP contribution in [0.4, 0.5) is 0 Å². The minimum Gasteiger partial charge on any atom is -0.387 e. The Bertz CT molecular complexity index is 142. The lowest BCUT2D eigenvalue weighted by Crippen LogP contribution is -2.04. The molecule has 56 valence electrons. The molecule has 0 aromatic heterocycles. The van der Waals surface area contributed by atoms with Gasteiger partial charge in [0, 0.05) is 6.54 Å². The molecular weight excluding hydrogens is 146 g/mol. The third kappa shape index (κ3) is 5.40. The molecule has 0 saturated heterocycles. The minimum atomic E-state index is 0.330. The Labute approximate surface area is 65.0 Å². The first-order valence-corrected chi connectivity index (χ1v) is 3.65. The van der Waals surface area contributed by atoms with Crippen molar-refractivity contribution in [2.75, 3.05) is 6.54 Å². The van der Waals surface area contributed by atoms with E-state index < -0.39 is 0 Å². The van der Waals surface area contributed by atoms with Crippen molar-refractivity contribution >= 4 is 17.0 Å². The predicted molar refractivity (Wildman–Crippen MR) is 46.8 cm³/mol. The van der Waals surface area contributed by atoms with E-state index in [9.17, 15) is 0 Å². The number of rotatable bonds is 4. The van der Waals surface area contributed by atoms with E-state index >= 15 is 0 Å². The number of nitrogens with two attached hydrogens (primary N) is 1. The van der Waals surface area contributed by atoms with Crippen molar-refractivity contribution in [2.45, 2.75) is 0 Å². The van der Waals surface area contributed by atoms with E-state index in [-0.39, 0.29) is 0 Å². The van der Waals surface area contributed by atoms with Gasteiger partial charge in [-0.15, -0.1) is 6.58 Å². The highest BCUT2D eigenvalue weighted by molar-refractivity contribution is 8.12. The van der Waals surface area contributed by atoms with Gasteiger partial charge in [-0.2, -0.15) is 0 Å². The van der Waals surface area contributed by atoms with Crippen molar-refractivity contribution in [1.82, 2.24) is 5.32 Å². The second kappa shape index (κ2) is 6.38. The summed E-state index contributed by atoms with van der Waals surface area (Å²) >= 11 is 0.914. The molecule has 10 heavy (non-hydrogen) atoms. The summed E-state index contributed by atoms with van der Waals surface area (Å²) in [6.07, 6.45) is 5.00. The van der Waals surface area contributed by atoms with Crippen molar-refractivity contribution in [3.8, 4) is 0 Å². The fourth-order valence-electron chi connectivity index (χ4n) is 0.325. The van der Waals surface area contributed by atoms with Gasteiger partial charge in [0.15, 0.2) is 0 Å². The average molecular weight is 157 g/mol. The third-order valence-electron chi connectivity index (χ3n) is 0.742. The van der Waals surface area contributed by atoms with Crippen molar-refractivity contribution in [2.24, 2.45) is 5.14 Å². The van der Waals surface area contributed by atoms with Gasteiger partial charge in [-0.25, -0.2) is 0 Å². The van der Waals surface area contributed by atoms with Gasteiger partial charge in [0.25, 0.3) is 0 Å². The van der Waals surface area contributed by atoms with Crippen LogP contribution in [0, 0.1) is 5.41 Å². The second-order valence-electron chi connectivity index (χ2n) is 1.51. The van der Waals surface area contributed by atoms with E-state index in [0.717, 1.165) is 11.9 Å². The second-order valence-corrected chi connectivity index (χ2v) is 2.19. The zero-order valence-electron chi connectivity index (χ0n) is 5.63. The Kier molecular flexibility index (Phi) is 5.91. The Morgan fingerprint density at radius 1 is 1.80 bits per heavy atom. The summed E-state index contributed by atoms with van der Waals surface area (Å²) < 4.78 is 0. The van der Waals surface area contributed by atoms with Crippen LogP contribution in [-0.2, 0) is 0 Å². The molecule has 0 aliphatic carbocycles. The summed E-state index contributed by atoms with van der Waals surface area (Å²) in [6.45, 7) is 4.22. The van der Waals surface area contributed by atoms with Crippen LogP contribution in [0.1, 0.15) is 0 Å². The zero-order valence-corrected chi connectivity index (χ0v) is 6.45. The van der Waals surface area contributed by atoms with Crippen LogP contribution in [0.5, 0.6) is 0 Å². The van der Waals surface area contributed by atoms with Gasteiger partial charge in [-0.05, 0) is 24.2 Å². The van der Waals surface area contributed by atoms with E-state index in [4.69, 9.17) is 10.5 Å². The van der Waals surface area contributed by atoms with Gasteiger partial charge in [0.05, 0.1) is 0 Å². The normalized spacial score (nSPS) is 9.70. The average Bonchev–Trinajstić information content (AvgIpc) is 1.98. The van der Waals surface area contributed by atoms with E-state index in [1.165, 1.54) is 0 Å². The first kappa shape index (κ1) is 9.26. The van der Waals surface area contributed by atoms with E-state index in [1.807, 2.05) is 0 Å². The van der Waals surface area contributed by atoms with E-state index in [0.29, 0.717) is 11.6 Å². The molecule has 0 spiro atoms. The van der Waals surface area contributed by atoms with Gasteiger partial charge in [-0.1, -0.05) is 6.08 Å². The lowest BCUT2D eigenvalue weighted by Gasteiger charge is -1.91. The molecule has 0 radical (unpaired) electrons. The zero-order chi connectivity index (χ0) is 7.82. The van der Waals surface area contributed by atoms with Crippen LogP contribution in [0.25, 0.3) is 0 Å². The maximum Gasteiger partial charge on any atom is 0.103 e. The summed E-state index contributed by atoms with van der Waals surface area (Å²) in [5.41, 5.74) is 0.